The molecule has 164 valence electrons. The molecule has 4 rings (SSSR count). The van der Waals surface area contributed by atoms with Crippen LogP contribution < -0.4 is 9.47 Å². The van der Waals surface area contributed by atoms with Crippen LogP contribution in [0.3, 0.4) is 0 Å². The number of nitrogens with zero attached hydrogens (tertiary/aromatic N) is 3. The fourth-order valence-corrected chi connectivity index (χ4v) is 5.24. The van der Waals surface area contributed by atoms with Gasteiger partial charge in [0.15, 0.2) is 11.5 Å². The fraction of sp³-hybridized carbons (Fsp3) is 0.364. The first kappa shape index (κ1) is 21.3. The van der Waals surface area contributed by atoms with E-state index in [1.54, 1.807) is 38.5 Å². The second-order valence-corrected chi connectivity index (χ2v) is 9.48. The van der Waals surface area contributed by atoms with Gasteiger partial charge in [-0.05, 0) is 50.1 Å². The Morgan fingerprint density at radius 1 is 1.06 bits per heavy atom. The van der Waals surface area contributed by atoms with Crippen molar-refractivity contribution in [1.82, 2.24) is 14.4 Å². The van der Waals surface area contributed by atoms with E-state index in [4.69, 9.17) is 14.0 Å². The second-order valence-electron chi connectivity index (χ2n) is 7.54. The number of hydrogen-bond acceptors (Lipinski definition) is 7. The number of piperidine rings is 1. The first-order chi connectivity index (χ1) is 14.9. The van der Waals surface area contributed by atoms with Crippen molar-refractivity contribution in [3.8, 4) is 22.9 Å². The van der Waals surface area contributed by atoms with Crippen LogP contribution in [0.15, 0.2) is 51.9 Å². The average molecular weight is 444 g/mol. The largest absolute Gasteiger partial charge is 0.493 e. The third-order valence-corrected chi connectivity index (χ3v) is 7.35. The second kappa shape index (κ2) is 8.68. The first-order valence-corrected chi connectivity index (χ1v) is 11.5. The molecular formula is C22H25N3O5S. The van der Waals surface area contributed by atoms with E-state index in [0.717, 1.165) is 24.0 Å². The zero-order valence-corrected chi connectivity index (χ0v) is 18.6. The van der Waals surface area contributed by atoms with E-state index in [2.05, 4.69) is 10.1 Å². The quantitative estimate of drug-likeness (QED) is 0.574. The zero-order chi connectivity index (χ0) is 22.0. The molecule has 2 aromatic carbocycles. The van der Waals surface area contributed by atoms with E-state index in [1.165, 1.54) is 4.31 Å². The summed E-state index contributed by atoms with van der Waals surface area (Å²) in [5, 5.41) is 4.10. The molecule has 31 heavy (non-hydrogen) atoms. The topological polar surface area (TPSA) is 94.8 Å². The SMILES string of the molecule is COc1ccc(-c2noc([C@H]3CCCN(S(=O)(=O)c4ccc(C)cc4)C3)n2)cc1OC. The standard InChI is InChI=1S/C22H25N3O5S/c1-15-6-9-18(10-7-15)31(26,27)25-12-4-5-17(14-25)22-23-21(24-30-22)16-8-11-19(28-2)20(13-16)29-3/h6-11,13,17H,4-5,12,14H2,1-3H3/t17-/m0/s1. The maximum Gasteiger partial charge on any atom is 0.243 e. The summed E-state index contributed by atoms with van der Waals surface area (Å²) in [5.74, 6) is 1.89. The summed E-state index contributed by atoms with van der Waals surface area (Å²) in [7, 11) is -0.432. The van der Waals surface area contributed by atoms with Crippen molar-refractivity contribution in [2.45, 2.75) is 30.6 Å². The Morgan fingerprint density at radius 3 is 2.52 bits per heavy atom. The van der Waals surface area contributed by atoms with Crippen LogP contribution in [0.2, 0.25) is 0 Å². The lowest BCUT2D eigenvalue weighted by molar-refractivity contribution is 0.265. The molecule has 3 aromatic rings. The summed E-state index contributed by atoms with van der Waals surface area (Å²) in [4.78, 5) is 4.84. The highest BCUT2D eigenvalue weighted by molar-refractivity contribution is 7.89. The van der Waals surface area contributed by atoms with Crippen LogP contribution in [0, 0.1) is 6.92 Å². The predicted octanol–water partition coefficient (Wildman–Crippen LogP) is 3.63. The van der Waals surface area contributed by atoms with Gasteiger partial charge in [0, 0.05) is 18.7 Å². The van der Waals surface area contributed by atoms with Crippen molar-refractivity contribution >= 4 is 10.0 Å². The molecule has 9 heteroatoms. The van der Waals surface area contributed by atoms with E-state index in [1.807, 2.05) is 25.1 Å². The monoisotopic (exact) mass is 443 g/mol. The van der Waals surface area contributed by atoms with Gasteiger partial charge in [0.1, 0.15) is 0 Å². The van der Waals surface area contributed by atoms with Gasteiger partial charge in [-0.15, -0.1) is 0 Å². The van der Waals surface area contributed by atoms with Gasteiger partial charge in [-0.2, -0.15) is 9.29 Å². The summed E-state index contributed by atoms with van der Waals surface area (Å²) in [6.45, 7) is 2.71. The third-order valence-electron chi connectivity index (χ3n) is 5.48. The van der Waals surface area contributed by atoms with Gasteiger partial charge in [-0.25, -0.2) is 8.42 Å². The number of sulfonamides is 1. The predicted molar refractivity (Wildman–Crippen MR) is 115 cm³/mol. The first-order valence-electron chi connectivity index (χ1n) is 10.0. The fourth-order valence-electron chi connectivity index (χ4n) is 3.72. The molecule has 0 bridgehead atoms. The maximum absolute atomic E-state index is 13.1. The molecular weight excluding hydrogens is 418 g/mol. The molecule has 1 aliphatic rings. The summed E-state index contributed by atoms with van der Waals surface area (Å²) >= 11 is 0. The summed E-state index contributed by atoms with van der Waals surface area (Å²) in [6.07, 6.45) is 1.51. The maximum atomic E-state index is 13.1. The Balaban J connectivity index is 1.55. The van der Waals surface area contributed by atoms with Crippen molar-refractivity contribution in [2.24, 2.45) is 0 Å². The highest BCUT2D eigenvalue weighted by Gasteiger charge is 2.33. The zero-order valence-electron chi connectivity index (χ0n) is 17.7. The van der Waals surface area contributed by atoms with Crippen molar-refractivity contribution in [1.29, 1.82) is 0 Å². The lowest BCUT2D eigenvalue weighted by Crippen LogP contribution is -2.39. The number of aryl methyl sites for hydroxylation is 1. The number of methoxy groups -OCH3 is 2. The number of ether oxygens (including phenoxy) is 2. The summed E-state index contributed by atoms with van der Waals surface area (Å²) < 4.78 is 43.8. The van der Waals surface area contributed by atoms with Gasteiger partial charge in [0.2, 0.25) is 21.7 Å². The smallest absolute Gasteiger partial charge is 0.243 e. The molecule has 2 heterocycles. The van der Waals surface area contributed by atoms with Gasteiger partial charge >= 0.3 is 0 Å². The molecule has 1 fully saturated rings. The highest BCUT2D eigenvalue weighted by Crippen LogP contribution is 2.33. The molecule has 0 N–H and O–H groups in total. The summed E-state index contributed by atoms with van der Waals surface area (Å²) in [6, 6.07) is 12.3. The van der Waals surface area contributed by atoms with Crippen LogP contribution in [0.4, 0.5) is 0 Å². The Morgan fingerprint density at radius 2 is 1.81 bits per heavy atom. The van der Waals surface area contributed by atoms with Crippen LogP contribution in [0.25, 0.3) is 11.4 Å². The van der Waals surface area contributed by atoms with Crippen molar-refractivity contribution in [3.05, 3.63) is 53.9 Å². The molecule has 0 aliphatic carbocycles. The normalized spacial score (nSPS) is 17.5. The van der Waals surface area contributed by atoms with Gasteiger partial charge < -0.3 is 14.0 Å². The minimum atomic E-state index is -3.57. The molecule has 0 radical (unpaired) electrons. The number of rotatable bonds is 6. The number of aromatic nitrogens is 2. The van der Waals surface area contributed by atoms with Crippen LogP contribution >= 0.6 is 0 Å². The molecule has 1 aliphatic heterocycles. The van der Waals surface area contributed by atoms with Gasteiger partial charge in [0.25, 0.3) is 0 Å². The van der Waals surface area contributed by atoms with E-state index in [-0.39, 0.29) is 5.92 Å². The van der Waals surface area contributed by atoms with Crippen molar-refractivity contribution in [2.75, 3.05) is 27.3 Å². The Hall–Kier alpha value is -2.91. The lowest BCUT2D eigenvalue weighted by atomic mass is 10.00. The van der Waals surface area contributed by atoms with Gasteiger partial charge in [0.05, 0.1) is 25.0 Å². The van der Waals surface area contributed by atoms with Crippen LogP contribution in [-0.4, -0.2) is 50.2 Å². The number of benzene rings is 2. The summed E-state index contributed by atoms with van der Waals surface area (Å²) in [5.41, 5.74) is 1.75. The van der Waals surface area contributed by atoms with Crippen LogP contribution in [0.5, 0.6) is 11.5 Å². The Kier molecular flexibility index (Phi) is 5.97. The average Bonchev–Trinajstić information content (AvgIpc) is 3.29. The van der Waals surface area contributed by atoms with Crippen molar-refractivity contribution in [3.63, 3.8) is 0 Å². The molecule has 1 saturated heterocycles. The molecule has 1 atom stereocenters. The molecule has 0 amide bonds. The molecule has 0 spiro atoms. The Bertz CT molecular complexity index is 1160. The minimum Gasteiger partial charge on any atom is -0.493 e. The van der Waals surface area contributed by atoms with E-state index in [9.17, 15) is 8.42 Å². The molecule has 1 aromatic heterocycles. The lowest BCUT2D eigenvalue weighted by Gasteiger charge is -2.30. The van der Waals surface area contributed by atoms with Crippen LogP contribution in [-0.2, 0) is 10.0 Å². The van der Waals surface area contributed by atoms with E-state index in [0.29, 0.717) is 41.2 Å². The highest BCUT2D eigenvalue weighted by atomic mass is 32.2. The molecule has 0 saturated carbocycles. The Labute approximate surface area is 181 Å². The molecule has 8 nitrogen and oxygen atoms in total. The van der Waals surface area contributed by atoms with Gasteiger partial charge in [-0.1, -0.05) is 22.9 Å². The van der Waals surface area contributed by atoms with E-state index < -0.39 is 10.0 Å². The van der Waals surface area contributed by atoms with Crippen LogP contribution in [0.1, 0.15) is 30.2 Å². The van der Waals surface area contributed by atoms with Gasteiger partial charge in [-0.3, -0.25) is 0 Å². The number of hydrogen-bond donors (Lipinski definition) is 0. The third kappa shape index (κ3) is 4.28. The van der Waals surface area contributed by atoms with Crippen molar-refractivity contribution < 1.29 is 22.4 Å². The van der Waals surface area contributed by atoms with E-state index >= 15 is 0 Å². The molecule has 0 unspecified atom stereocenters. The minimum absolute atomic E-state index is 0.157.